The van der Waals surface area contributed by atoms with Crippen molar-refractivity contribution in [1.29, 1.82) is 5.26 Å². The summed E-state index contributed by atoms with van der Waals surface area (Å²) >= 11 is 0. The zero-order chi connectivity index (χ0) is 25.2. The number of nitrogens with zero attached hydrogens (tertiary/aromatic N) is 2. The lowest BCUT2D eigenvalue weighted by molar-refractivity contribution is -0.139. The second-order valence-corrected chi connectivity index (χ2v) is 8.34. The summed E-state index contributed by atoms with van der Waals surface area (Å²) in [7, 11) is 0. The minimum atomic E-state index is -1.12. The number of fused-ring (bicyclic) bond motifs is 3. The Morgan fingerprint density at radius 2 is 1.64 bits per heavy atom. The van der Waals surface area contributed by atoms with Gasteiger partial charge in [0.15, 0.2) is 6.61 Å². The van der Waals surface area contributed by atoms with Crippen molar-refractivity contribution < 1.29 is 19.4 Å². The summed E-state index contributed by atoms with van der Waals surface area (Å²) in [5, 5.41) is 20.1. The van der Waals surface area contributed by atoms with Gasteiger partial charge in [-0.15, -0.1) is 0 Å². The van der Waals surface area contributed by atoms with Gasteiger partial charge in [-0.3, -0.25) is 4.79 Å². The number of carboxylic acid groups (broad SMARTS) is 1. The molecule has 5 rings (SSSR count). The van der Waals surface area contributed by atoms with E-state index in [2.05, 4.69) is 6.07 Å². The van der Waals surface area contributed by atoms with Gasteiger partial charge in [-0.1, -0.05) is 54.6 Å². The Balaban J connectivity index is 1.89. The second-order valence-electron chi connectivity index (χ2n) is 8.34. The van der Waals surface area contributed by atoms with Gasteiger partial charge in [0.25, 0.3) is 0 Å². The number of aromatic nitrogens is 1. The summed E-state index contributed by atoms with van der Waals surface area (Å²) in [6.07, 6.45) is 0. The van der Waals surface area contributed by atoms with E-state index >= 15 is 0 Å². The molecule has 3 N–H and O–H groups in total. The van der Waals surface area contributed by atoms with Crippen LogP contribution in [0.5, 0.6) is 5.75 Å². The van der Waals surface area contributed by atoms with Crippen LogP contribution in [0.1, 0.15) is 21.5 Å². The maximum Gasteiger partial charge on any atom is 0.341 e. The van der Waals surface area contributed by atoms with Gasteiger partial charge >= 0.3 is 5.97 Å². The number of primary amides is 1. The van der Waals surface area contributed by atoms with Crippen molar-refractivity contribution in [3.63, 3.8) is 0 Å². The van der Waals surface area contributed by atoms with Crippen molar-refractivity contribution in [3.8, 4) is 22.9 Å². The molecule has 0 aliphatic rings. The topological polar surface area (TPSA) is 118 Å². The number of ether oxygens (including phenoxy) is 1. The van der Waals surface area contributed by atoms with Gasteiger partial charge in [-0.2, -0.15) is 5.26 Å². The Morgan fingerprint density at radius 3 is 2.36 bits per heavy atom. The van der Waals surface area contributed by atoms with Crippen LogP contribution in [0.25, 0.3) is 32.9 Å². The molecule has 0 saturated carbocycles. The molecule has 0 aliphatic carbocycles. The van der Waals surface area contributed by atoms with Crippen LogP contribution in [-0.2, 0) is 11.3 Å². The predicted octanol–water partition coefficient (Wildman–Crippen LogP) is 4.94. The number of carbonyl (C=O) groups excluding carboxylic acids is 1. The Hall–Kier alpha value is -5.09. The molecule has 0 fully saturated rings. The fraction of sp³-hybridized carbons (Fsp3) is 0.0690. The van der Waals surface area contributed by atoms with Crippen molar-refractivity contribution in [2.24, 2.45) is 5.73 Å². The molecule has 1 amide bonds. The highest BCUT2D eigenvalue weighted by Gasteiger charge is 2.22. The van der Waals surface area contributed by atoms with E-state index in [0.29, 0.717) is 34.2 Å². The number of amides is 1. The minimum Gasteiger partial charge on any atom is -0.481 e. The van der Waals surface area contributed by atoms with Crippen LogP contribution in [0, 0.1) is 11.3 Å². The Kier molecular flexibility index (Phi) is 5.85. The van der Waals surface area contributed by atoms with Crippen molar-refractivity contribution in [2.45, 2.75) is 6.54 Å². The van der Waals surface area contributed by atoms with E-state index in [-0.39, 0.29) is 0 Å². The molecule has 7 heteroatoms. The highest BCUT2D eigenvalue weighted by Crippen LogP contribution is 2.41. The van der Waals surface area contributed by atoms with E-state index in [1.807, 2.05) is 65.2 Å². The first-order valence-corrected chi connectivity index (χ1v) is 11.2. The third kappa shape index (κ3) is 4.01. The van der Waals surface area contributed by atoms with E-state index in [1.54, 1.807) is 24.3 Å². The number of carboxylic acids is 1. The molecule has 176 valence electrons. The number of hydrogen-bond donors (Lipinski definition) is 2. The van der Waals surface area contributed by atoms with Crippen LogP contribution in [0.3, 0.4) is 0 Å². The van der Waals surface area contributed by atoms with Crippen molar-refractivity contribution >= 4 is 33.7 Å². The zero-order valence-corrected chi connectivity index (χ0v) is 19.1. The van der Waals surface area contributed by atoms with Crippen LogP contribution < -0.4 is 10.5 Å². The molecule has 0 atom stereocenters. The van der Waals surface area contributed by atoms with E-state index in [1.165, 1.54) is 0 Å². The van der Waals surface area contributed by atoms with Gasteiger partial charge in [-0.25, -0.2) is 4.79 Å². The van der Waals surface area contributed by atoms with Crippen LogP contribution in [0.15, 0.2) is 84.9 Å². The predicted molar refractivity (Wildman–Crippen MR) is 137 cm³/mol. The first-order chi connectivity index (χ1) is 17.5. The maximum atomic E-state index is 12.4. The summed E-state index contributed by atoms with van der Waals surface area (Å²) in [6.45, 7) is -0.196. The number of hydrogen-bond acceptors (Lipinski definition) is 4. The fourth-order valence-electron chi connectivity index (χ4n) is 4.59. The van der Waals surface area contributed by atoms with Crippen LogP contribution in [0.4, 0.5) is 0 Å². The lowest BCUT2D eigenvalue weighted by atomic mass is 10.0. The van der Waals surface area contributed by atoms with Gasteiger partial charge < -0.3 is 20.1 Å². The maximum absolute atomic E-state index is 12.4. The summed E-state index contributed by atoms with van der Waals surface area (Å²) in [5.41, 5.74) is 10.6. The molecule has 36 heavy (non-hydrogen) atoms. The molecule has 1 heterocycles. The number of nitriles is 1. The number of carbonyl (C=O) groups is 2. The van der Waals surface area contributed by atoms with Crippen LogP contribution in [-0.4, -0.2) is 28.2 Å². The molecule has 4 aromatic carbocycles. The monoisotopic (exact) mass is 475 g/mol. The van der Waals surface area contributed by atoms with Gasteiger partial charge in [0.05, 0.1) is 28.1 Å². The van der Waals surface area contributed by atoms with Crippen molar-refractivity contribution in [3.05, 3.63) is 102 Å². The average molecular weight is 476 g/mol. The standard InChI is InChI=1S/C29H21N3O4/c30-15-19-9-4-5-10-20(19)16-32-23-12-6-11-22(29(31)35)27(23)28-24(32)13-21(18-7-2-1-3-8-18)14-25(28)36-17-26(33)34/h1-14H,16-17H2,(H2,31,35)(H,33,34). The molecule has 0 unspecified atom stereocenters. The molecular weight excluding hydrogens is 454 g/mol. The lowest BCUT2D eigenvalue weighted by Crippen LogP contribution is -2.11. The summed E-state index contributed by atoms with van der Waals surface area (Å²) in [6, 6.07) is 28.3. The normalized spacial score (nSPS) is 10.9. The Bertz CT molecular complexity index is 1680. The SMILES string of the molecule is N#Cc1ccccc1Cn1c2cc(-c3ccccc3)cc(OCC(=O)O)c2c2c(C(N)=O)cccc21. The Morgan fingerprint density at radius 1 is 0.889 bits per heavy atom. The summed E-state index contributed by atoms with van der Waals surface area (Å²) < 4.78 is 7.78. The second kappa shape index (κ2) is 9.28. The number of rotatable bonds is 7. The minimum absolute atomic E-state index is 0.303. The van der Waals surface area contributed by atoms with E-state index < -0.39 is 18.5 Å². The van der Waals surface area contributed by atoms with E-state index in [4.69, 9.17) is 10.5 Å². The van der Waals surface area contributed by atoms with Crippen molar-refractivity contribution in [2.75, 3.05) is 6.61 Å². The smallest absolute Gasteiger partial charge is 0.341 e. The van der Waals surface area contributed by atoms with Gasteiger partial charge in [0, 0.05) is 17.5 Å². The van der Waals surface area contributed by atoms with Gasteiger partial charge in [-0.05, 0) is 47.0 Å². The third-order valence-electron chi connectivity index (χ3n) is 6.15. The molecular formula is C29H21N3O4. The number of aliphatic carboxylic acids is 1. The lowest BCUT2D eigenvalue weighted by Gasteiger charge is -2.12. The number of benzene rings is 4. The highest BCUT2D eigenvalue weighted by atomic mass is 16.5. The molecule has 1 aromatic heterocycles. The number of nitrogens with two attached hydrogens (primary N) is 1. The van der Waals surface area contributed by atoms with Crippen LogP contribution >= 0.6 is 0 Å². The zero-order valence-electron chi connectivity index (χ0n) is 19.1. The third-order valence-corrected chi connectivity index (χ3v) is 6.15. The first-order valence-electron chi connectivity index (χ1n) is 11.2. The molecule has 0 spiro atoms. The highest BCUT2D eigenvalue weighted by molar-refractivity contribution is 6.20. The molecule has 0 radical (unpaired) electrons. The van der Waals surface area contributed by atoms with Crippen LogP contribution in [0.2, 0.25) is 0 Å². The van der Waals surface area contributed by atoms with E-state index in [9.17, 15) is 20.0 Å². The van der Waals surface area contributed by atoms with Crippen molar-refractivity contribution in [1.82, 2.24) is 4.57 Å². The molecule has 0 aliphatic heterocycles. The molecule has 7 nitrogen and oxygen atoms in total. The molecule has 5 aromatic rings. The Labute approximate surface area is 206 Å². The molecule has 0 bridgehead atoms. The molecule has 0 saturated heterocycles. The summed E-state index contributed by atoms with van der Waals surface area (Å²) in [4.78, 5) is 23.8. The van der Waals surface area contributed by atoms with Gasteiger partial charge in [0.1, 0.15) is 5.75 Å². The first kappa shape index (κ1) is 22.7. The average Bonchev–Trinajstić information content (AvgIpc) is 3.21. The largest absolute Gasteiger partial charge is 0.481 e. The summed E-state index contributed by atoms with van der Waals surface area (Å²) in [5.74, 6) is -1.39. The van der Waals surface area contributed by atoms with E-state index in [0.717, 1.165) is 27.7 Å². The quantitative estimate of drug-likeness (QED) is 0.345. The van der Waals surface area contributed by atoms with Gasteiger partial charge in [0.2, 0.25) is 5.91 Å². The fourth-order valence-corrected chi connectivity index (χ4v) is 4.59.